The number of nitrogens with zero attached hydrogens (tertiary/aromatic N) is 3. The van der Waals surface area contributed by atoms with Gasteiger partial charge in [-0.05, 0) is 32.0 Å². The van der Waals surface area contributed by atoms with E-state index in [1.807, 2.05) is 13.8 Å². The van der Waals surface area contributed by atoms with E-state index in [1.165, 1.54) is 0 Å². The third-order valence-electron chi connectivity index (χ3n) is 5.17. The topological polar surface area (TPSA) is 87.5 Å². The van der Waals surface area contributed by atoms with Crippen molar-refractivity contribution in [2.45, 2.75) is 25.9 Å². The molecule has 0 bridgehead atoms. The van der Waals surface area contributed by atoms with Gasteiger partial charge in [0.15, 0.2) is 17.3 Å². The predicted octanol–water partition coefficient (Wildman–Crippen LogP) is 2.69. The molecule has 0 amide bonds. The third kappa shape index (κ3) is 3.74. The van der Waals surface area contributed by atoms with Crippen LogP contribution >= 0.6 is 0 Å². The van der Waals surface area contributed by atoms with Gasteiger partial charge in [0.05, 0.1) is 11.1 Å². The molecule has 2 atom stereocenters. The highest BCUT2D eigenvalue weighted by Gasteiger charge is 2.26. The molecule has 10 heteroatoms. The Kier molecular flexibility index (Phi) is 5.18. The Morgan fingerprint density at radius 1 is 1.13 bits per heavy atom. The van der Waals surface area contributed by atoms with Crippen molar-refractivity contribution in [1.29, 1.82) is 0 Å². The number of anilines is 1. The quantitative estimate of drug-likeness (QED) is 0.662. The number of piperazine rings is 1. The van der Waals surface area contributed by atoms with Crippen molar-refractivity contribution < 1.29 is 23.1 Å². The lowest BCUT2D eigenvalue weighted by atomic mass is 10.1. The first-order chi connectivity index (χ1) is 14.7. The first-order valence-corrected chi connectivity index (χ1v) is 9.61. The molecule has 2 N–H and O–H groups in total. The molecule has 0 saturated carbocycles. The smallest absolute Gasteiger partial charge is 0.341 e. The van der Waals surface area contributed by atoms with E-state index in [4.69, 9.17) is 0 Å². The molecule has 2 aromatic heterocycles. The highest BCUT2D eigenvalue weighted by atomic mass is 19.1. The van der Waals surface area contributed by atoms with Crippen LogP contribution in [-0.2, 0) is 0 Å². The van der Waals surface area contributed by atoms with Crippen LogP contribution in [0.3, 0.4) is 0 Å². The van der Waals surface area contributed by atoms with Gasteiger partial charge in [0.2, 0.25) is 5.43 Å². The first kappa shape index (κ1) is 20.9. The standard InChI is InChI=1S/C21H19F3N4O3/c1-10-7-27(8-11(2)25-10)20-16(24)6-13-18(29)14(21(30)31)9-28(19(13)26-20)17-4-3-12(22)5-15(17)23/h3-6,9-11,25H,7-8H2,1-2H3,(H,30,31). The summed E-state index contributed by atoms with van der Waals surface area (Å²) in [6.07, 6.45) is 0.918. The van der Waals surface area contributed by atoms with E-state index in [2.05, 4.69) is 10.3 Å². The lowest BCUT2D eigenvalue weighted by Gasteiger charge is -2.37. The minimum absolute atomic E-state index is 0.0357. The fourth-order valence-corrected chi connectivity index (χ4v) is 3.95. The average Bonchev–Trinajstić information content (AvgIpc) is 2.68. The Bertz CT molecular complexity index is 1250. The monoisotopic (exact) mass is 432 g/mol. The van der Waals surface area contributed by atoms with Gasteiger partial charge in [-0.3, -0.25) is 9.36 Å². The Morgan fingerprint density at radius 3 is 2.42 bits per heavy atom. The number of pyridine rings is 2. The van der Waals surface area contributed by atoms with Crippen LogP contribution in [0.1, 0.15) is 24.2 Å². The van der Waals surface area contributed by atoms with Crippen LogP contribution in [0.25, 0.3) is 16.7 Å². The molecule has 2 unspecified atom stereocenters. The normalized spacial score (nSPS) is 19.1. The van der Waals surface area contributed by atoms with Crippen molar-refractivity contribution in [1.82, 2.24) is 14.9 Å². The minimum atomic E-state index is -1.56. The fraction of sp³-hybridized carbons (Fsp3) is 0.286. The molecule has 0 radical (unpaired) electrons. The summed E-state index contributed by atoms with van der Waals surface area (Å²) in [5.41, 5.74) is -1.98. The second-order valence-corrected chi connectivity index (χ2v) is 7.68. The Labute approximate surface area is 174 Å². The summed E-state index contributed by atoms with van der Waals surface area (Å²) in [6, 6.07) is 3.73. The summed E-state index contributed by atoms with van der Waals surface area (Å²) in [4.78, 5) is 30.2. The van der Waals surface area contributed by atoms with Crippen LogP contribution in [0.2, 0.25) is 0 Å². The maximum Gasteiger partial charge on any atom is 0.341 e. The van der Waals surface area contributed by atoms with Crippen molar-refractivity contribution in [2.75, 3.05) is 18.0 Å². The zero-order valence-electron chi connectivity index (χ0n) is 16.7. The predicted molar refractivity (Wildman–Crippen MR) is 108 cm³/mol. The van der Waals surface area contributed by atoms with Gasteiger partial charge in [-0.1, -0.05) is 0 Å². The number of aromatic nitrogens is 2. The highest BCUT2D eigenvalue weighted by molar-refractivity contribution is 5.92. The molecular formula is C21H19F3N4O3. The van der Waals surface area contributed by atoms with Crippen molar-refractivity contribution in [3.05, 3.63) is 63.7 Å². The zero-order valence-corrected chi connectivity index (χ0v) is 16.7. The Morgan fingerprint density at radius 2 is 1.81 bits per heavy atom. The van der Waals surface area contributed by atoms with Gasteiger partial charge in [-0.2, -0.15) is 0 Å². The fourth-order valence-electron chi connectivity index (χ4n) is 3.95. The van der Waals surface area contributed by atoms with Crippen molar-refractivity contribution >= 4 is 22.8 Å². The maximum absolute atomic E-state index is 15.0. The number of aromatic carboxylic acids is 1. The number of nitrogens with one attached hydrogen (secondary N) is 1. The van der Waals surface area contributed by atoms with Crippen LogP contribution in [0.15, 0.2) is 35.3 Å². The number of rotatable bonds is 3. The van der Waals surface area contributed by atoms with E-state index in [0.717, 1.165) is 29.0 Å². The second-order valence-electron chi connectivity index (χ2n) is 7.68. The summed E-state index contributed by atoms with van der Waals surface area (Å²) >= 11 is 0. The SMILES string of the molecule is CC1CN(c2nc3c(cc2F)c(=O)c(C(=O)O)cn3-c2ccc(F)cc2F)CC(C)N1. The average molecular weight is 432 g/mol. The number of fused-ring (bicyclic) bond motifs is 1. The van der Waals surface area contributed by atoms with Gasteiger partial charge in [-0.25, -0.2) is 22.9 Å². The van der Waals surface area contributed by atoms with Gasteiger partial charge in [0, 0.05) is 37.4 Å². The number of carboxylic acid groups (broad SMARTS) is 1. The summed E-state index contributed by atoms with van der Waals surface area (Å²) in [5, 5.41) is 12.4. The Balaban J connectivity index is 2.02. The van der Waals surface area contributed by atoms with Crippen molar-refractivity contribution in [2.24, 2.45) is 0 Å². The maximum atomic E-state index is 15.0. The van der Waals surface area contributed by atoms with Crippen LogP contribution in [0, 0.1) is 17.5 Å². The number of carboxylic acids is 1. The van der Waals surface area contributed by atoms with Gasteiger partial charge >= 0.3 is 5.97 Å². The molecule has 1 aliphatic rings. The zero-order chi connectivity index (χ0) is 22.4. The van der Waals surface area contributed by atoms with Crippen molar-refractivity contribution in [3.8, 4) is 5.69 Å². The Hall–Kier alpha value is -3.40. The number of halogens is 3. The molecule has 162 valence electrons. The molecule has 1 fully saturated rings. The van der Waals surface area contributed by atoms with Crippen molar-refractivity contribution in [3.63, 3.8) is 0 Å². The molecule has 1 aliphatic heterocycles. The molecule has 1 saturated heterocycles. The summed E-state index contributed by atoms with van der Waals surface area (Å²) in [5.74, 6) is -4.20. The molecule has 31 heavy (non-hydrogen) atoms. The summed E-state index contributed by atoms with van der Waals surface area (Å²) in [7, 11) is 0. The van der Waals surface area contributed by atoms with E-state index in [-0.39, 0.29) is 34.6 Å². The van der Waals surface area contributed by atoms with Gasteiger partial charge in [-0.15, -0.1) is 0 Å². The van der Waals surface area contributed by atoms with Crippen LogP contribution < -0.4 is 15.6 Å². The third-order valence-corrected chi connectivity index (χ3v) is 5.17. The molecule has 7 nitrogen and oxygen atoms in total. The van der Waals surface area contributed by atoms with Gasteiger partial charge in [0.1, 0.15) is 17.2 Å². The number of carbonyl (C=O) groups is 1. The molecule has 0 aliphatic carbocycles. The molecular weight excluding hydrogens is 413 g/mol. The van der Waals surface area contributed by atoms with Gasteiger partial charge < -0.3 is 15.3 Å². The van der Waals surface area contributed by atoms with E-state index in [9.17, 15) is 27.9 Å². The van der Waals surface area contributed by atoms with E-state index in [0.29, 0.717) is 19.2 Å². The largest absolute Gasteiger partial charge is 0.477 e. The van der Waals surface area contributed by atoms with Crippen LogP contribution in [0.4, 0.5) is 19.0 Å². The van der Waals surface area contributed by atoms with Crippen LogP contribution in [0.5, 0.6) is 0 Å². The molecule has 4 rings (SSSR count). The summed E-state index contributed by atoms with van der Waals surface area (Å²) in [6.45, 7) is 4.76. The van der Waals surface area contributed by atoms with Gasteiger partial charge in [0.25, 0.3) is 0 Å². The molecule has 0 spiro atoms. The lowest BCUT2D eigenvalue weighted by Crippen LogP contribution is -2.54. The summed E-state index contributed by atoms with van der Waals surface area (Å²) < 4.78 is 44.0. The van der Waals surface area contributed by atoms with E-state index < -0.39 is 34.4 Å². The minimum Gasteiger partial charge on any atom is -0.477 e. The lowest BCUT2D eigenvalue weighted by molar-refractivity contribution is 0.0695. The number of hydrogen-bond donors (Lipinski definition) is 2. The molecule has 3 aromatic rings. The molecule has 1 aromatic carbocycles. The number of hydrogen-bond acceptors (Lipinski definition) is 5. The number of benzene rings is 1. The van der Waals surface area contributed by atoms with E-state index in [1.54, 1.807) is 4.90 Å². The second kappa shape index (κ2) is 7.69. The van der Waals surface area contributed by atoms with E-state index >= 15 is 0 Å². The highest BCUT2D eigenvalue weighted by Crippen LogP contribution is 2.26. The van der Waals surface area contributed by atoms with Crippen LogP contribution in [-0.4, -0.2) is 45.8 Å². The first-order valence-electron chi connectivity index (χ1n) is 9.61. The molecule has 3 heterocycles.